The van der Waals surface area contributed by atoms with E-state index in [-0.39, 0.29) is 0 Å². The molecule has 0 aliphatic rings. The fourth-order valence-electron chi connectivity index (χ4n) is 1.65. The Labute approximate surface area is 76.7 Å². The molecule has 12 heavy (non-hydrogen) atoms. The van der Waals surface area contributed by atoms with E-state index in [1.807, 2.05) is 0 Å². The molecule has 0 fully saturated rings. The van der Waals surface area contributed by atoms with E-state index in [9.17, 15) is 0 Å². The van der Waals surface area contributed by atoms with E-state index < -0.39 is 0 Å². The lowest BCUT2D eigenvalue weighted by molar-refractivity contribution is 0.289. The van der Waals surface area contributed by atoms with Gasteiger partial charge in [-0.05, 0) is 41.5 Å². The van der Waals surface area contributed by atoms with Crippen molar-refractivity contribution in [1.82, 2.24) is 4.90 Å². The first-order chi connectivity index (χ1) is 5.50. The summed E-state index contributed by atoms with van der Waals surface area (Å²) in [6.45, 7) is 13.8. The second kappa shape index (κ2) is 5.18. The van der Waals surface area contributed by atoms with Crippen molar-refractivity contribution in [3.63, 3.8) is 0 Å². The van der Waals surface area contributed by atoms with E-state index in [1.54, 1.807) is 0 Å². The van der Waals surface area contributed by atoms with Crippen molar-refractivity contribution in [1.29, 1.82) is 0 Å². The molecule has 0 N–H and O–H groups in total. The van der Waals surface area contributed by atoms with Crippen LogP contribution in [0.25, 0.3) is 0 Å². The van der Waals surface area contributed by atoms with Crippen LogP contribution in [0, 0.1) is 0 Å². The zero-order valence-electron chi connectivity index (χ0n) is 9.26. The Bertz CT molecular complexity index is 140. The maximum atomic E-state index is 4.41. The molecule has 0 bridgehead atoms. The highest BCUT2D eigenvalue weighted by atomic mass is 15.2. The van der Waals surface area contributed by atoms with Gasteiger partial charge in [-0.15, -0.1) is 0 Å². The predicted octanol–water partition coefficient (Wildman–Crippen LogP) is 2.54. The van der Waals surface area contributed by atoms with Gasteiger partial charge in [-0.3, -0.25) is 4.99 Å². The molecule has 0 rings (SSSR count). The zero-order valence-corrected chi connectivity index (χ0v) is 9.26. The Morgan fingerprint density at radius 3 is 1.83 bits per heavy atom. The minimum absolute atomic E-state index is 0.542. The van der Waals surface area contributed by atoms with Gasteiger partial charge in [-0.1, -0.05) is 0 Å². The molecular weight excluding hydrogens is 148 g/mol. The number of hydrogen-bond donors (Lipinski definition) is 0. The molecule has 0 aromatic heterocycles. The lowest BCUT2D eigenvalue weighted by atomic mass is 10.2. The van der Waals surface area contributed by atoms with Crippen LogP contribution in [0.2, 0.25) is 0 Å². The SMILES string of the molecule is CCN=C(C)N(C(C)C)C(C)C. The Morgan fingerprint density at radius 2 is 1.58 bits per heavy atom. The summed E-state index contributed by atoms with van der Waals surface area (Å²) in [6.07, 6.45) is 0. The maximum absolute atomic E-state index is 4.41. The molecule has 0 unspecified atom stereocenters. The second-order valence-electron chi connectivity index (χ2n) is 3.62. The van der Waals surface area contributed by atoms with Crippen LogP contribution in [-0.4, -0.2) is 29.4 Å². The lowest BCUT2D eigenvalue weighted by Gasteiger charge is -2.32. The largest absolute Gasteiger partial charge is 0.356 e. The van der Waals surface area contributed by atoms with Crippen LogP contribution in [0.4, 0.5) is 0 Å². The Kier molecular flexibility index (Phi) is 4.95. The van der Waals surface area contributed by atoms with E-state index in [2.05, 4.69) is 51.4 Å². The van der Waals surface area contributed by atoms with Gasteiger partial charge in [0.2, 0.25) is 0 Å². The molecular formula is C10H22N2. The topological polar surface area (TPSA) is 15.6 Å². The number of rotatable bonds is 3. The third-order valence-corrected chi connectivity index (χ3v) is 1.87. The molecule has 2 heteroatoms. The van der Waals surface area contributed by atoms with Gasteiger partial charge < -0.3 is 4.90 Å². The fraction of sp³-hybridized carbons (Fsp3) is 0.900. The smallest absolute Gasteiger partial charge is 0.0961 e. The van der Waals surface area contributed by atoms with Gasteiger partial charge in [0.25, 0.3) is 0 Å². The van der Waals surface area contributed by atoms with Gasteiger partial charge >= 0.3 is 0 Å². The van der Waals surface area contributed by atoms with Crippen LogP contribution >= 0.6 is 0 Å². The molecule has 0 saturated heterocycles. The second-order valence-corrected chi connectivity index (χ2v) is 3.62. The molecule has 0 radical (unpaired) electrons. The highest BCUT2D eigenvalue weighted by Crippen LogP contribution is 2.06. The summed E-state index contributed by atoms with van der Waals surface area (Å²) >= 11 is 0. The van der Waals surface area contributed by atoms with E-state index >= 15 is 0 Å². The van der Waals surface area contributed by atoms with Gasteiger partial charge in [0.15, 0.2) is 0 Å². The maximum Gasteiger partial charge on any atom is 0.0961 e. The summed E-state index contributed by atoms with van der Waals surface area (Å²) in [6, 6.07) is 1.08. The average molecular weight is 170 g/mol. The third-order valence-electron chi connectivity index (χ3n) is 1.87. The van der Waals surface area contributed by atoms with Crippen molar-refractivity contribution in [3.05, 3.63) is 0 Å². The molecule has 0 aliphatic heterocycles. The first-order valence-electron chi connectivity index (χ1n) is 4.80. The first kappa shape index (κ1) is 11.5. The van der Waals surface area contributed by atoms with E-state index in [4.69, 9.17) is 0 Å². The van der Waals surface area contributed by atoms with Crippen molar-refractivity contribution < 1.29 is 0 Å². The summed E-state index contributed by atoms with van der Waals surface area (Å²) < 4.78 is 0. The zero-order chi connectivity index (χ0) is 9.72. The van der Waals surface area contributed by atoms with Crippen LogP contribution in [0.1, 0.15) is 41.5 Å². The standard InChI is InChI=1S/C10H22N2/c1-7-11-10(6)12(8(2)3)9(4)5/h8-9H,7H2,1-6H3. The van der Waals surface area contributed by atoms with Crippen molar-refractivity contribution >= 4 is 5.84 Å². The van der Waals surface area contributed by atoms with Gasteiger partial charge in [-0.25, -0.2) is 0 Å². The normalized spacial score (nSPS) is 12.8. The molecule has 72 valence electrons. The summed E-state index contributed by atoms with van der Waals surface area (Å²) in [5.41, 5.74) is 0. The van der Waals surface area contributed by atoms with Crippen LogP contribution < -0.4 is 0 Å². The lowest BCUT2D eigenvalue weighted by Crippen LogP contribution is -2.40. The van der Waals surface area contributed by atoms with Crippen molar-refractivity contribution in [2.24, 2.45) is 4.99 Å². The molecule has 0 amide bonds. The molecule has 0 spiro atoms. The number of aliphatic imine (C=N–C) groups is 1. The van der Waals surface area contributed by atoms with Crippen molar-refractivity contribution in [2.75, 3.05) is 6.54 Å². The highest BCUT2D eigenvalue weighted by Gasteiger charge is 2.13. The van der Waals surface area contributed by atoms with Gasteiger partial charge in [0.05, 0.1) is 5.84 Å². The Morgan fingerprint density at radius 1 is 1.17 bits per heavy atom. The van der Waals surface area contributed by atoms with E-state index in [0.29, 0.717) is 12.1 Å². The Balaban J connectivity index is 4.40. The van der Waals surface area contributed by atoms with Crippen LogP contribution in [0.15, 0.2) is 4.99 Å². The quantitative estimate of drug-likeness (QED) is 0.469. The van der Waals surface area contributed by atoms with Gasteiger partial charge in [0, 0.05) is 18.6 Å². The van der Waals surface area contributed by atoms with Gasteiger partial charge in [-0.2, -0.15) is 0 Å². The average Bonchev–Trinajstić information content (AvgIpc) is 1.85. The molecule has 0 aromatic rings. The molecule has 0 aromatic carbocycles. The van der Waals surface area contributed by atoms with Crippen LogP contribution in [-0.2, 0) is 0 Å². The van der Waals surface area contributed by atoms with Crippen LogP contribution in [0.5, 0.6) is 0 Å². The summed E-state index contributed by atoms with van der Waals surface area (Å²) in [5.74, 6) is 1.16. The number of nitrogens with zero attached hydrogens (tertiary/aromatic N) is 2. The summed E-state index contributed by atoms with van der Waals surface area (Å²) in [7, 11) is 0. The molecule has 0 heterocycles. The predicted molar refractivity (Wildman–Crippen MR) is 55.8 cm³/mol. The minimum atomic E-state index is 0.542. The highest BCUT2D eigenvalue weighted by molar-refractivity contribution is 5.80. The number of hydrogen-bond acceptors (Lipinski definition) is 1. The van der Waals surface area contributed by atoms with Gasteiger partial charge in [0.1, 0.15) is 0 Å². The van der Waals surface area contributed by atoms with E-state index in [0.717, 1.165) is 12.4 Å². The van der Waals surface area contributed by atoms with Crippen molar-refractivity contribution in [3.8, 4) is 0 Å². The van der Waals surface area contributed by atoms with Crippen molar-refractivity contribution in [2.45, 2.75) is 53.6 Å². The first-order valence-corrected chi connectivity index (χ1v) is 4.80. The third kappa shape index (κ3) is 3.24. The minimum Gasteiger partial charge on any atom is -0.356 e. The van der Waals surface area contributed by atoms with E-state index in [1.165, 1.54) is 0 Å². The summed E-state index contributed by atoms with van der Waals surface area (Å²) in [5, 5.41) is 0. The summed E-state index contributed by atoms with van der Waals surface area (Å²) in [4.78, 5) is 6.75. The van der Waals surface area contributed by atoms with Crippen LogP contribution in [0.3, 0.4) is 0 Å². The Hall–Kier alpha value is -0.530. The molecule has 0 atom stereocenters. The number of amidine groups is 1. The molecule has 0 saturated carbocycles. The fourth-order valence-corrected chi connectivity index (χ4v) is 1.65. The molecule has 0 aliphatic carbocycles. The molecule has 2 nitrogen and oxygen atoms in total. The monoisotopic (exact) mass is 170 g/mol.